The Balaban J connectivity index is 1.36. The average Bonchev–Trinajstić information content (AvgIpc) is 3.18. The molecule has 34 heavy (non-hydrogen) atoms. The molecule has 9 heteroatoms. The van der Waals surface area contributed by atoms with Gasteiger partial charge < -0.3 is 25.0 Å². The highest BCUT2D eigenvalue weighted by molar-refractivity contribution is 5.78. The van der Waals surface area contributed by atoms with Gasteiger partial charge in [-0.1, -0.05) is 12.1 Å². The van der Waals surface area contributed by atoms with Crippen LogP contribution in [0.5, 0.6) is 5.75 Å². The number of rotatable bonds is 10. The van der Waals surface area contributed by atoms with Crippen LogP contribution in [0.25, 0.3) is 0 Å². The van der Waals surface area contributed by atoms with Crippen LogP contribution in [0, 0.1) is 5.82 Å². The van der Waals surface area contributed by atoms with Gasteiger partial charge in [-0.2, -0.15) is 0 Å². The Morgan fingerprint density at radius 2 is 2.18 bits per heavy atom. The zero-order chi connectivity index (χ0) is 24.1. The van der Waals surface area contributed by atoms with Crippen molar-refractivity contribution in [3.63, 3.8) is 0 Å². The number of urea groups is 1. The fourth-order valence-electron chi connectivity index (χ4n) is 4.86. The minimum absolute atomic E-state index is 0.116. The zero-order valence-electron chi connectivity index (χ0n) is 19.6. The Morgan fingerprint density at radius 1 is 1.32 bits per heavy atom. The fraction of sp³-hybridized carbons (Fsp3) is 0.520. The summed E-state index contributed by atoms with van der Waals surface area (Å²) < 4.78 is 19.7. The summed E-state index contributed by atoms with van der Waals surface area (Å²) in [4.78, 5) is 28.0. The summed E-state index contributed by atoms with van der Waals surface area (Å²) in [5.41, 5.74) is 2.99. The third-order valence-corrected chi connectivity index (χ3v) is 6.58. The maximum Gasteiger partial charge on any atom is 0.320 e. The van der Waals surface area contributed by atoms with Gasteiger partial charge in [0.05, 0.1) is 25.2 Å². The second kappa shape index (κ2) is 10.9. The third-order valence-electron chi connectivity index (χ3n) is 6.58. The van der Waals surface area contributed by atoms with Crippen LogP contribution in [0.4, 0.5) is 9.18 Å². The number of nitrogens with zero attached hydrogens (tertiary/aromatic N) is 2. The van der Waals surface area contributed by atoms with E-state index in [1.807, 2.05) is 0 Å². The Morgan fingerprint density at radius 3 is 2.94 bits per heavy atom. The number of hydrogen-bond donors (Lipinski definition) is 3. The number of halogens is 1. The summed E-state index contributed by atoms with van der Waals surface area (Å²) in [7, 11) is 0. The lowest BCUT2D eigenvalue weighted by atomic mass is 9.99. The molecule has 2 atom stereocenters. The molecule has 8 nitrogen and oxygen atoms in total. The van der Waals surface area contributed by atoms with Gasteiger partial charge in [-0.25, -0.2) is 9.18 Å². The Bertz CT molecular complexity index is 980. The molecule has 2 amide bonds. The predicted molar refractivity (Wildman–Crippen MR) is 126 cm³/mol. The van der Waals surface area contributed by atoms with Crippen LogP contribution in [-0.4, -0.2) is 65.9 Å². The largest absolute Gasteiger partial charge is 0.491 e. The van der Waals surface area contributed by atoms with Gasteiger partial charge in [-0.3, -0.25) is 10.1 Å². The van der Waals surface area contributed by atoms with Gasteiger partial charge >= 0.3 is 12.0 Å². The average molecular weight is 473 g/mol. The van der Waals surface area contributed by atoms with E-state index in [-0.39, 0.29) is 24.4 Å². The van der Waals surface area contributed by atoms with Crippen molar-refractivity contribution in [3.8, 4) is 5.75 Å². The van der Waals surface area contributed by atoms with Crippen LogP contribution in [0.1, 0.15) is 50.6 Å². The summed E-state index contributed by atoms with van der Waals surface area (Å²) in [6.45, 7) is 4.62. The number of dihydropyridines is 1. The number of benzene rings is 1. The Kier molecular flexibility index (Phi) is 7.72. The van der Waals surface area contributed by atoms with Crippen molar-refractivity contribution >= 4 is 12.0 Å². The van der Waals surface area contributed by atoms with Crippen molar-refractivity contribution in [1.29, 1.82) is 0 Å². The Labute approximate surface area is 199 Å². The molecule has 1 aromatic carbocycles. The molecule has 3 aliphatic rings. The lowest BCUT2D eigenvalue weighted by molar-refractivity contribution is -0.138. The number of carboxylic acid groups (broad SMARTS) is 1. The number of ether oxygens (including phenoxy) is 1. The Hall–Kier alpha value is -3.07. The number of allylic oxidation sites excluding steroid dienone is 3. The predicted octanol–water partition coefficient (Wildman–Crippen LogP) is 3.38. The number of hydrogen-bond acceptors (Lipinski definition) is 5. The van der Waals surface area contributed by atoms with E-state index < -0.39 is 17.8 Å². The second-order valence-electron chi connectivity index (χ2n) is 8.87. The van der Waals surface area contributed by atoms with E-state index in [2.05, 4.69) is 22.8 Å². The van der Waals surface area contributed by atoms with Crippen LogP contribution in [0.15, 0.2) is 41.6 Å². The molecule has 1 aromatic rings. The van der Waals surface area contributed by atoms with Crippen molar-refractivity contribution in [1.82, 2.24) is 20.4 Å². The molecular formula is C25H33FN4O4. The van der Waals surface area contributed by atoms with Gasteiger partial charge in [0.25, 0.3) is 0 Å². The smallest absolute Gasteiger partial charge is 0.320 e. The number of carbonyl (C=O) groups excluding carboxylic acids is 1. The van der Waals surface area contributed by atoms with Crippen molar-refractivity contribution < 1.29 is 23.8 Å². The monoisotopic (exact) mass is 472 g/mol. The number of carbonyl (C=O) groups is 2. The molecule has 2 unspecified atom stereocenters. The van der Waals surface area contributed by atoms with Crippen LogP contribution in [-0.2, 0) is 4.79 Å². The van der Waals surface area contributed by atoms with Gasteiger partial charge in [0.1, 0.15) is 0 Å². The van der Waals surface area contributed by atoms with Gasteiger partial charge in [0.2, 0.25) is 0 Å². The van der Waals surface area contributed by atoms with Crippen molar-refractivity contribution in [3.05, 3.63) is 53.0 Å². The van der Waals surface area contributed by atoms with Crippen LogP contribution < -0.4 is 15.4 Å². The maximum absolute atomic E-state index is 14.4. The lowest BCUT2D eigenvalue weighted by Gasteiger charge is -2.32. The molecular weight excluding hydrogens is 439 g/mol. The number of piperidine rings is 1. The topological polar surface area (TPSA) is 94.1 Å². The molecule has 4 rings (SSSR count). The summed E-state index contributed by atoms with van der Waals surface area (Å²) in [6.07, 6.45) is 8.15. The highest BCUT2D eigenvalue weighted by atomic mass is 19.1. The quantitative estimate of drug-likeness (QED) is 0.483. The molecule has 0 radical (unpaired) electrons. The first-order valence-corrected chi connectivity index (χ1v) is 12.1. The first-order valence-electron chi connectivity index (χ1n) is 12.1. The van der Waals surface area contributed by atoms with Gasteiger partial charge in [0, 0.05) is 25.3 Å². The van der Waals surface area contributed by atoms with E-state index >= 15 is 0 Å². The van der Waals surface area contributed by atoms with Crippen molar-refractivity contribution in [2.24, 2.45) is 0 Å². The van der Waals surface area contributed by atoms with Crippen LogP contribution in [0.3, 0.4) is 0 Å². The van der Waals surface area contributed by atoms with E-state index in [0.29, 0.717) is 31.8 Å². The van der Waals surface area contributed by atoms with Gasteiger partial charge in [-0.15, -0.1) is 0 Å². The normalized spacial score (nSPS) is 20.9. The summed E-state index contributed by atoms with van der Waals surface area (Å²) >= 11 is 0. The van der Waals surface area contributed by atoms with E-state index in [1.165, 1.54) is 17.7 Å². The van der Waals surface area contributed by atoms with Crippen LogP contribution in [0.2, 0.25) is 0 Å². The van der Waals surface area contributed by atoms with E-state index in [1.54, 1.807) is 22.8 Å². The molecule has 0 bridgehead atoms. The minimum atomic E-state index is -1.04. The fourth-order valence-corrected chi connectivity index (χ4v) is 4.86. The second-order valence-corrected chi connectivity index (χ2v) is 8.87. The molecule has 3 aliphatic heterocycles. The van der Waals surface area contributed by atoms with Gasteiger partial charge in [0.15, 0.2) is 11.6 Å². The van der Waals surface area contributed by atoms with Crippen molar-refractivity contribution in [2.75, 3.05) is 32.8 Å². The van der Waals surface area contributed by atoms with E-state index in [4.69, 9.17) is 4.74 Å². The molecule has 3 N–H and O–H groups in total. The minimum Gasteiger partial charge on any atom is -0.491 e. The summed E-state index contributed by atoms with van der Waals surface area (Å²) in [6, 6.07) is 3.47. The first-order chi connectivity index (χ1) is 16.5. The molecule has 184 valence electrons. The highest BCUT2D eigenvalue weighted by Crippen LogP contribution is 2.31. The van der Waals surface area contributed by atoms with Crippen LogP contribution >= 0.6 is 0 Å². The highest BCUT2D eigenvalue weighted by Gasteiger charge is 2.35. The maximum atomic E-state index is 14.4. The molecule has 0 saturated carbocycles. The SMILES string of the molecule is CCOc1ccc(C(CC(=O)O)N2CCN(CCCC3=CC=C4CCCNC4N3)C2=O)cc1F. The molecule has 0 spiro atoms. The van der Waals surface area contributed by atoms with Gasteiger partial charge in [-0.05, 0) is 68.5 Å². The lowest BCUT2D eigenvalue weighted by Crippen LogP contribution is -2.47. The molecule has 3 heterocycles. The number of nitrogens with one attached hydrogen (secondary N) is 2. The first kappa shape index (κ1) is 24.1. The molecule has 0 aliphatic carbocycles. The van der Waals surface area contributed by atoms with Crippen molar-refractivity contribution in [2.45, 2.75) is 51.2 Å². The summed E-state index contributed by atoms with van der Waals surface area (Å²) in [5, 5.41) is 16.5. The number of fused-ring (bicyclic) bond motifs is 1. The zero-order valence-corrected chi connectivity index (χ0v) is 19.6. The molecule has 0 aromatic heterocycles. The molecule has 2 fully saturated rings. The number of amides is 2. The number of carboxylic acids is 1. The number of aliphatic carboxylic acids is 1. The molecule has 2 saturated heterocycles. The standard InChI is InChI=1S/C25H33FN4O4/c1-2-34-22-10-8-18(15-20(22)26)21(16-23(31)32)30-14-13-29(25(30)33)12-4-6-19-9-7-17-5-3-11-27-24(17)28-19/h7-10,15,21,24,27-28H,2-6,11-14,16H2,1H3,(H,31,32). The van der Waals surface area contributed by atoms with E-state index in [0.717, 1.165) is 37.9 Å². The van der Waals surface area contributed by atoms with E-state index in [9.17, 15) is 19.1 Å². The third kappa shape index (κ3) is 5.52. The summed E-state index contributed by atoms with van der Waals surface area (Å²) in [5.74, 6) is -1.48.